The van der Waals surface area contributed by atoms with Crippen LogP contribution in [0.1, 0.15) is 18.3 Å². The van der Waals surface area contributed by atoms with E-state index in [4.69, 9.17) is 4.98 Å². The molecule has 0 bridgehead atoms. The van der Waals surface area contributed by atoms with Crippen LogP contribution in [0.15, 0.2) is 34.5 Å². The van der Waals surface area contributed by atoms with Crippen LogP contribution in [0.4, 0.5) is 11.5 Å². The molecule has 0 atom stereocenters. The predicted octanol–water partition coefficient (Wildman–Crippen LogP) is 2.86. The number of aromatic nitrogens is 2. The minimum Gasteiger partial charge on any atom is -0.325 e. The molecule has 1 aliphatic rings. The molecule has 0 saturated heterocycles. The SMILES string of the molecule is CCc1nc(N2CCc3ccc(S(=O)(=O)NC)cc32)c2ccsc2n1. The normalized spacial score (nSPS) is 14.2. The minimum atomic E-state index is -3.48. The minimum absolute atomic E-state index is 0.270. The van der Waals surface area contributed by atoms with Gasteiger partial charge >= 0.3 is 0 Å². The van der Waals surface area contributed by atoms with E-state index in [1.54, 1.807) is 23.5 Å². The lowest BCUT2D eigenvalue weighted by Crippen LogP contribution is -2.20. The van der Waals surface area contributed by atoms with Gasteiger partial charge in [0, 0.05) is 18.7 Å². The Morgan fingerprint density at radius 2 is 2.12 bits per heavy atom. The third kappa shape index (κ3) is 2.70. The first-order valence-corrected chi connectivity index (χ1v) is 10.5. The van der Waals surface area contributed by atoms with E-state index in [2.05, 4.69) is 14.6 Å². The molecule has 3 aromatic rings. The maximum Gasteiger partial charge on any atom is 0.240 e. The van der Waals surface area contributed by atoms with E-state index in [1.165, 1.54) is 7.05 Å². The Morgan fingerprint density at radius 3 is 2.88 bits per heavy atom. The van der Waals surface area contributed by atoms with Gasteiger partial charge in [-0.2, -0.15) is 0 Å². The van der Waals surface area contributed by atoms with E-state index >= 15 is 0 Å². The van der Waals surface area contributed by atoms with Crippen LogP contribution in [0.2, 0.25) is 0 Å². The average Bonchev–Trinajstić information content (AvgIpc) is 3.26. The second kappa shape index (κ2) is 6.05. The molecule has 0 unspecified atom stereocenters. The molecule has 25 heavy (non-hydrogen) atoms. The third-order valence-corrected chi connectivity index (χ3v) is 6.67. The van der Waals surface area contributed by atoms with E-state index < -0.39 is 10.0 Å². The Labute approximate surface area is 150 Å². The molecule has 6 nitrogen and oxygen atoms in total. The Balaban J connectivity index is 1.88. The fraction of sp³-hybridized carbons (Fsp3) is 0.294. The van der Waals surface area contributed by atoms with Gasteiger partial charge in [-0.15, -0.1) is 11.3 Å². The van der Waals surface area contributed by atoms with Crippen LogP contribution in [-0.4, -0.2) is 32.0 Å². The number of nitrogens with one attached hydrogen (secondary N) is 1. The summed E-state index contributed by atoms with van der Waals surface area (Å²) >= 11 is 1.60. The van der Waals surface area contributed by atoms with Gasteiger partial charge in [0.05, 0.1) is 10.3 Å². The largest absolute Gasteiger partial charge is 0.325 e. The molecule has 8 heteroatoms. The Hall–Kier alpha value is -2.03. The molecular formula is C17H18N4O2S2. The van der Waals surface area contributed by atoms with Crippen molar-refractivity contribution in [3.05, 3.63) is 41.0 Å². The molecule has 0 aliphatic carbocycles. The lowest BCUT2D eigenvalue weighted by atomic mass is 10.2. The molecule has 4 rings (SSSR count). The topological polar surface area (TPSA) is 75.2 Å². The summed E-state index contributed by atoms with van der Waals surface area (Å²) in [5, 5.41) is 3.03. The van der Waals surface area contributed by atoms with Crippen LogP contribution >= 0.6 is 11.3 Å². The van der Waals surface area contributed by atoms with Crippen molar-refractivity contribution in [3.8, 4) is 0 Å². The van der Waals surface area contributed by atoms with Gasteiger partial charge in [-0.3, -0.25) is 0 Å². The summed E-state index contributed by atoms with van der Waals surface area (Å²) in [4.78, 5) is 12.7. The number of sulfonamides is 1. The lowest BCUT2D eigenvalue weighted by molar-refractivity contribution is 0.588. The van der Waals surface area contributed by atoms with Gasteiger partial charge in [-0.05, 0) is 42.6 Å². The number of rotatable bonds is 4. The first-order valence-electron chi connectivity index (χ1n) is 8.11. The summed E-state index contributed by atoms with van der Waals surface area (Å²) in [5.74, 6) is 1.67. The third-order valence-electron chi connectivity index (χ3n) is 4.45. The first-order chi connectivity index (χ1) is 12.0. The van der Waals surface area contributed by atoms with E-state index in [-0.39, 0.29) is 4.90 Å². The van der Waals surface area contributed by atoms with Gasteiger partial charge in [-0.25, -0.2) is 23.1 Å². The molecule has 1 aliphatic heterocycles. The van der Waals surface area contributed by atoms with Crippen molar-refractivity contribution in [3.63, 3.8) is 0 Å². The van der Waals surface area contributed by atoms with Crippen LogP contribution in [0.3, 0.4) is 0 Å². The highest BCUT2D eigenvalue weighted by Crippen LogP contribution is 2.39. The standard InChI is InChI=1S/C17H18N4O2S2/c1-3-15-19-16(13-7-9-24-17(13)20-15)21-8-6-11-4-5-12(10-14(11)21)25(22,23)18-2/h4-5,7,9-10,18H,3,6,8H2,1-2H3. The maximum atomic E-state index is 12.2. The van der Waals surface area contributed by atoms with E-state index in [1.807, 2.05) is 24.4 Å². The number of hydrogen-bond donors (Lipinski definition) is 1. The number of nitrogens with zero attached hydrogens (tertiary/aromatic N) is 3. The van der Waals surface area contributed by atoms with Crippen LogP contribution in [0.5, 0.6) is 0 Å². The van der Waals surface area contributed by atoms with E-state index in [0.717, 1.165) is 52.5 Å². The molecule has 2 aromatic heterocycles. The molecular weight excluding hydrogens is 356 g/mol. The summed E-state index contributed by atoms with van der Waals surface area (Å²) in [6.07, 6.45) is 1.63. The molecule has 3 heterocycles. The van der Waals surface area contributed by atoms with Crippen LogP contribution in [0.25, 0.3) is 10.2 Å². The number of aryl methyl sites for hydroxylation is 1. The van der Waals surface area contributed by atoms with E-state index in [0.29, 0.717) is 0 Å². The zero-order valence-corrected chi connectivity index (χ0v) is 15.6. The van der Waals surface area contributed by atoms with Crippen molar-refractivity contribution in [2.75, 3.05) is 18.5 Å². The zero-order chi connectivity index (χ0) is 17.6. The fourth-order valence-electron chi connectivity index (χ4n) is 3.11. The first kappa shape index (κ1) is 16.4. The lowest BCUT2D eigenvalue weighted by Gasteiger charge is -2.20. The Bertz CT molecular complexity index is 1060. The van der Waals surface area contributed by atoms with Gasteiger partial charge in [0.25, 0.3) is 0 Å². The number of thiophene rings is 1. The Kier molecular flexibility index (Phi) is 3.98. The van der Waals surface area contributed by atoms with Crippen molar-refractivity contribution >= 4 is 43.1 Å². The van der Waals surface area contributed by atoms with Gasteiger partial charge in [0.1, 0.15) is 16.5 Å². The van der Waals surface area contributed by atoms with Crippen molar-refractivity contribution in [2.45, 2.75) is 24.7 Å². The highest BCUT2D eigenvalue weighted by atomic mass is 32.2. The van der Waals surface area contributed by atoms with Crippen molar-refractivity contribution in [2.24, 2.45) is 0 Å². The van der Waals surface area contributed by atoms with Gasteiger partial charge < -0.3 is 4.90 Å². The molecule has 0 radical (unpaired) electrons. The van der Waals surface area contributed by atoms with Crippen molar-refractivity contribution in [1.29, 1.82) is 0 Å². The van der Waals surface area contributed by atoms with E-state index in [9.17, 15) is 8.42 Å². The van der Waals surface area contributed by atoms with Gasteiger partial charge in [0.15, 0.2) is 0 Å². The van der Waals surface area contributed by atoms with Gasteiger partial charge in [0.2, 0.25) is 10.0 Å². The number of fused-ring (bicyclic) bond motifs is 2. The molecule has 0 fully saturated rings. The number of hydrogen-bond acceptors (Lipinski definition) is 6. The highest BCUT2D eigenvalue weighted by Gasteiger charge is 2.26. The zero-order valence-electron chi connectivity index (χ0n) is 14.0. The highest BCUT2D eigenvalue weighted by molar-refractivity contribution is 7.89. The van der Waals surface area contributed by atoms with Crippen LogP contribution < -0.4 is 9.62 Å². The molecule has 0 saturated carbocycles. The molecule has 1 aromatic carbocycles. The molecule has 0 amide bonds. The molecule has 130 valence electrons. The monoisotopic (exact) mass is 374 g/mol. The average molecular weight is 374 g/mol. The summed E-state index contributed by atoms with van der Waals surface area (Å²) in [5.41, 5.74) is 2.04. The molecule has 1 N–H and O–H groups in total. The van der Waals surface area contributed by atoms with Crippen molar-refractivity contribution in [1.82, 2.24) is 14.7 Å². The summed E-state index contributed by atoms with van der Waals surface area (Å²) in [7, 11) is -2.05. The number of benzene rings is 1. The van der Waals surface area contributed by atoms with Crippen LogP contribution in [0, 0.1) is 0 Å². The summed E-state index contributed by atoms with van der Waals surface area (Å²) in [6, 6.07) is 7.32. The summed E-state index contributed by atoms with van der Waals surface area (Å²) < 4.78 is 26.7. The second-order valence-corrected chi connectivity index (χ2v) is 8.64. The van der Waals surface area contributed by atoms with Crippen molar-refractivity contribution < 1.29 is 8.42 Å². The maximum absolute atomic E-state index is 12.2. The number of anilines is 2. The quantitative estimate of drug-likeness (QED) is 0.760. The smallest absolute Gasteiger partial charge is 0.240 e. The Morgan fingerprint density at radius 1 is 1.28 bits per heavy atom. The van der Waals surface area contributed by atoms with Gasteiger partial charge in [-0.1, -0.05) is 13.0 Å². The van der Waals surface area contributed by atoms with Crippen LogP contribution in [-0.2, 0) is 22.9 Å². The summed E-state index contributed by atoms with van der Waals surface area (Å²) in [6.45, 7) is 2.82. The molecule has 0 spiro atoms. The fourth-order valence-corrected chi connectivity index (χ4v) is 4.64. The predicted molar refractivity (Wildman–Crippen MR) is 100 cm³/mol. The second-order valence-electron chi connectivity index (χ2n) is 5.86.